The topological polar surface area (TPSA) is 109 Å². The van der Waals surface area contributed by atoms with Gasteiger partial charge in [0.2, 0.25) is 0 Å². The third kappa shape index (κ3) is 4.19. The van der Waals surface area contributed by atoms with Crippen molar-refractivity contribution < 1.29 is 13.2 Å². The van der Waals surface area contributed by atoms with Crippen LogP contribution in [0.4, 0.5) is 0 Å². The standard InChI is InChI=1S/C18H21N3O4S/c1-11(2)12-3-5-13(6-4-12)15-9-16(21-18(23)20-15)17(22)19-14-7-8-26(24,25)10-14/h3-6,9,11,14H,7-8,10H2,1-2H3,(H,19,22)(H,20,21,23). The van der Waals surface area contributed by atoms with Crippen molar-refractivity contribution in [1.29, 1.82) is 0 Å². The molecule has 26 heavy (non-hydrogen) atoms. The van der Waals surface area contributed by atoms with Gasteiger partial charge in [0.1, 0.15) is 5.69 Å². The van der Waals surface area contributed by atoms with Gasteiger partial charge in [-0.1, -0.05) is 38.1 Å². The number of nitrogens with zero attached hydrogens (tertiary/aromatic N) is 1. The fourth-order valence-corrected chi connectivity index (χ4v) is 4.61. The predicted octanol–water partition coefficient (Wildman–Crippen LogP) is 1.48. The van der Waals surface area contributed by atoms with Gasteiger partial charge in [0.05, 0.1) is 17.2 Å². The van der Waals surface area contributed by atoms with Gasteiger partial charge in [-0.3, -0.25) is 4.79 Å². The van der Waals surface area contributed by atoms with Crippen molar-refractivity contribution in [3.8, 4) is 11.3 Å². The number of H-pyrrole nitrogens is 1. The lowest BCUT2D eigenvalue weighted by atomic mass is 10.0. The fraction of sp³-hybridized carbons (Fsp3) is 0.389. The molecule has 1 atom stereocenters. The third-order valence-corrected chi connectivity index (χ3v) is 6.20. The molecular formula is C18H21N3O4S. The van der Waals surface area contributed by atoms with E-state index in [0.29, 0.717) is 18.0 Å². The molecular weight excluding hydrogens is 354 g/mol. The Hall–Kier alpha value is -2.48. The minimum Gasteiger partial charge on any atom is -0.347 e. The molecule has 3 rings (SSSR count). The normalized spacial score (nSPS) is 18.8. The second kappa shape index (κ2) is 7.03. The highest BCUT2D eigenvalue weighted by Crippen LogP contribution is 2.21. The first-order valence-corrected chi connectivity index (χ1v) is 10.3. The van der Waals surface area contributed by atoms with E-state index < -0.39 is 27.5 Å². The average Bonchev–Trinajstić information content (AvgIpc) is 2.93. The number of aromatic amines is 1. The van der Waals surface area contributed by atoms with Crippen LogP contribution in [0.3, 0.4) is 0 Å². The first kappa shape index (κ1) is 18.3. The molecule has 1 aliphatic heterocycles. The van der Waals surface area contributed by atoms with Crippen LogP contribution in [0.2, 0.25) is 0 Å². The molecule has 0 aliphatic carbocycles. The Morgan fingerprint density at radius 2 is 1.96 bits per heavy atom. The maximum Gasteiger partial charge on any atom is 0.346 e. The van der Waals surface area contributed by atoms with Crippen LogP contribution in [-0.2, 0) is 9.84 Å². The Morgan fingerprint density at radius 1 is 1.27 bits per heavy atom. The molecule has 1 unspecified atom stereocenters. The lowest BCUT2D eigenvalue weighted by molar-refractivity contribution is 0.0935. The van der Waals surface area contributed by atoms with Crippen LogP contribution in [0.5, 0.6) is 0 Å². The maximum atomic E-state index is 12.4. The highest BCUT2D eigenvalue weighted by molar-refractivity contribution is 7.91. The number of aromatic nitrogens is 2. The van der Waals surface area contributed by atoms with E-state index in [9.17, 15) is 18.0 Å². The number of amides is 1. The number of rotatable bonds is 4. The summed E-state index contributed by atoms with van der Waals surface area (Å²) in [6, 6.07) is 8.73. The molecule has 2 N–H and O–H groups in total. The summed E-state index contributed by atoms with van der Waals surface area (Å²) in [7, 11) is -3.09. The Labute approximate surface area is 151 Å². The highest BCUT2D eigenvalue weighted by atomic mass is 32.2. The summed E-state index contributed by atoms with van der Waals surface area (Å²) >= 11 is 0. The molecule has 0 spiro atoms. The van der Waals surface area contributed by atoms with Gasteiger partial charge in [0, 0.05) is 11.6 Å². The summed E-state index contributed by atoms with van der Waals surface area (Å²) in [6.07, 6.45) is 0.382. The first-order chi connectivity index (χ1) is 12.2. The van der Waals surface area contributed by atoms with Gasteiger partial charge >= 0.3 is 5.69 Å². The maximum absolute atomic E-state index is 12.4. The molecule has 7 nitrogen and oxygen atoms in total. The van der Waals surface area contributed by atoms with Crippen molar-refractivity contribution in [2.75, 3.05) is 11.5 Å². The van der Waals surface area contributed by atoms with Crippen LogP contribution in [0.15, 0.2) is 35.1 Å². The van der Waals surface area contributed by atoms with Gasteiger partial charge in [-0.25, -0.2) is 13.2 Å². The van der Waals surface area contributed by atoms with E-state index in [1.165, 1.54) is 11.6 Å². The number of nitrogens with one attached hydrogen (secondary N) is 2. The van der Waals surface area contributed by atoms with Gasteiger partial charge in [0.15, 0.2) is 9.84 Å². The number of hydrogen-bond acceptors (Lipinski definition) is 5. The zero-order valence-electron chi connectivity index (χ0n) is 14.7. The molecule has 1 fully saturated rings. The highest BCUT2D eigenvalue weighted by Gasteiger charge is 2.29. The summed E-state index contributed by atoms with van der Waals surface area (Å²) in [6.45, 7) is 4.18. The summed E-state index contributed by atoms with van der Waals surface area (Å²) in [5, 5.41) is 2.66. The van der Waals surface area contributed by atoms with Crippen molar-refractivity contribution in [1.82, 2.24) is 15.3 Å². The van der Waals surface area contributed by atoms with Gasteiger partial charge in [-0.05, 0) is 24.0 Å². The molecule has 138 valence electrons. The van der Waals surface area contributed by atoms with E-state index >= 15 is 0 Å². The van der Waals surface area contributed by atoms with Crippen molar-refractivity contribution >= 4 is 15.7 Å². The van der Waals surface area contributed by atoms with E-state index in [4.69, 9.17) is 0 Å². The van der Waals surface area contributed by atoms with E-state index in [2.05, 4.69) is 29.1 Å². The second-order valence-corrected chi connectivity index (χ2v) is 9.06. The van der Waals surface area contributed by atoms with E-state index in [-0.39, 0.29) is 17.2 Å². The second-order valence-electron chi connectivity index (χ2n) is 6.84. The average molecular weight is 375 g/mol. The molecule has 0 radical (unpaired) electrons. The molecule has 1 aromatic carbocycles. The fourth-order valence-electron chi connectivity index (χ4n) is 2.94. The molecule has 1 aliphatic rings. The van der Waals surface area contributed by atoms with Crippen LogP contribution in [-0.4, -0.2) is 41.8 Å². The van der Waals surface area contributed by atoms with Crippen molar-refractivity contribution in [3.63, 3.8) is 0 Å². The zero-order chi connectivity index (χ0) is 18.9. The van der Waals surface area contributed by atoms with Gasteiger partial charge in [-0.2, -0.15) is 4.98 Å². The Bertz CT molecular complexity index is 978. The Kier molecular flexibility index (Phi) is 4.95. The van der Waals surface area contributed by atoms with Crippen molar-refractivity contribution in [3.05, 3.63) is 52.1 Å². The lowest BCUT2D eigenvalue weighted by Crippen LogP contribution is -2.37. The minimum atomic E-state index is -3.09. The van der Waals surface area contributed by atoms with E-state index in [1.807, 2.05) is 24.3 Å². The zero-order valence-corrected chi connectivity index (χ0v) is 15.5. The molecule has 0 saturated carbocycles. The molecule has 1 aromatic heterocycles. The number of carbonyl (C=O) groups is 1. The van der Waals surface area contributed by atoms with Crippen LogP contribution < -0.4 is 11.0 Å². The summed E-state index contributed by atoms with van der Waals surface area (Å²) in [5.74, 6) is -0.123. The Morgan fingerprint density at radius 3 is 2.54 bits per heavy atom. The third-order valence-electron chi connectivity index (χ3n) is 4.43. The molecule has 0 bridgehead atoms. The van der Waals surface area contributed by atoms with E-state index in [1.54, 1.807) is 0 Å². The van der Waals surface area contributed by atoms with Gasteiger partial charge < -0.3 is 10.3 Å². The van der Waals surface area contributed by atoms with Crippen LogP contribution in [0.1, 0.15) is 42.2 Å². The number of sulfone groups is 1. The largest absolute Gasteiger partial charge is 0.347 e. The van der Waals surface area contributed by atoms with Crippen molar-refractivity contribution in [2.24, 2.45) is 0 Å². The first-order valence-electron chi connectivity index (χ1n) is 8.46. The summed E-state index contributed by atoms with van der Waals surface area (Å²) in [5.41, 5.74) is 1.74. The Balaban J connectivity index is 1.83. The monoisotopic (exact) mass is 375 g/mol. The summed E-state index contributed by atoms with van der Waals surface area (Å²) < 4.78 is 23.0. The number of carbonyl (C=O) groups excluding carboxylic acids is 1. The van der Waals surface area contributed by atoms with Crippen molar-refractivity contribution in [2.45, 2.75) is 32.2 Å². The summed E-state index contributed by atoms with van der Waals surface area (Å²) in [4.78, 5) is 30.6. The number of benzene rings is 1. The SMILES string of the molecule is CC(C)c1ccc(-c2cc(C(=O)NC3CCS(=O)(=O)C3)[nH]c(=O)n2)cc1. The van der Waals surface area contributed by atoms with E-state index in [0.717, 1.165) is 5.56 Å². The van der Waals surface area contributed by atoms with Gasteiger partial charge in [-0.15, -0.1) is 0 Å². The molecule has 2 aromatic rings. The molecule has 2 heterocycles. The van der Waals surface area contributed by atoms with Crippen LogP contribution >= 0.6 is 0 Å². The molecule has 1 amide bonds. The predicted molar refractivity (Wildman–Crippen MR) is 98.9 cm³/mol. The minimum absolute atomic E-state index is 0.0669. The van der Waals surface area contributed by atoms with Crippen LogP contribution in [0, 0.1) is 0 Å². The smallest absolute Gasteiger partial charge is 0.346 e. The van der Waals surface area contributed by atoms with Gasteiger partial charge in [0.25, 0.3) is 5.91 Å². The molecule has 8 heteroatoms. The molecule has 1 saturated heterocycles. The number of hydrogen-bond donors (Lipinski definition) is 2. The quantitative estimate of drug-likeness (QED) is 0.841. The lowest BCUT2D eigenvalue weighted by Gasteiger charge is -2.11. The van der Waals surface area contributed by atoms with Crippen LogP contribution in [0.25, 0.3) is 11.3 Å².